The van der Waals surface area contributed by atoms with Crippen LogP contribution in [0.3, 0.4) is 0 Å². The van der Waals surface area contributed by atoms with Gasteiger partial charge < -0.3 is 10.2 Å². The lowest BCUT2D eigenvalue weighted by atomic mass is 10.0. The van der Waals surface area contributed by atoms with Crippen molar-refractivity contribution in [3.8, 4) is 0 Å². The van der Waals surface area contributed by atoms with Crippen molar-refractivity contribution in [1.82, 2.24) is 4.90 Å². The summed E-state index contributed by atoms with van der Waals surface area (Å²) in [6.07, 6.45) is 0.860. The van der Waals surface area contributed by atoms with Gasteiger partial charge in [-0.1, -0.05) is 30.3 Å². The van der Waals surface area contributed by atoms with Crippen molar-refractivity contribution >= 4 is 11.6 Å². The molecule has 1 atom stereocenters. The summed E-state index contributed by atoms with van der Waals surface area (Å²) in [6, 6.07) is 16.6. The Labute approximate surface area is 145 Å². The van der Waals surface area contributed by atoms with E-state index in [1.54, 1.807) is 0 Å². The fourth-order valence-corrected chi connectivity index (χ4v) is 2.77. The molecule has 3 heteroatoms. The number of hydrogen-bond acceptors (Lipinski definition) is 2. The second-order valence-electron chi connectivity index (χ2n) is 6.78. The zero-order chi connectivity index (χ0) is 17.7. The van der Waals surface area contributed by atoms with Crippen LogP contribution in [0.2, 0.25) is 0 Å². The first kappa shape index (κ1) is 18.1. The van der Waals surface area contributed by atoms with Crippen molar-refractivity contribution in [1.29, 1.82) is 0 Å². The van der Waals surface area contributed by atoms with E-state index in [0.29, 0.717) is 6.04 Å². The highest BCUT2D eigenvalue weighted by molar-refractivity contribution is 5.95. The van der Waals surface area contributed by atoms with Gasteiger partial charge in [0.05, 0.1) is 0 Å². The Hall–Kier alpha value is -2.29. The summed E-state index contributed by atoms with van der Waals surface area (Å²) in [5.74, 6) is 0.0588. The third kappa shape index (κ3) is 4.60. The fraction of sp³-hybridized carbons (Fsp3) is 0.381. The number of rotatable bonds is 6. The van der Waals surface area contributed by atoms with Gasteiger partial charge in [-0.3, -0.25) is 4.79 Å². The van der Waals surface area contributed by atoms with Crippen molar-refractivity contribution in [2.75, 3.05) is 12.4 Å². The molecule has 2 aromatic rings. The predicted molar refractivity (Wildman–Crippen MR) is 102 cm³/mol. The first-order valence-corrected chi connectivity index (χ1v) is 8.56. The van der Waals surface area contributed by atoms with Crippen molar-refractivity contribution < 1.29 is 4.79 Å². The highest BCUT2D eigenvalue weighted by Gasteiger charge is 2.18. The van der Waals surface area contributed by atoms with Crippen LogP contribution in [0.1, 0.15) is 42.3 Å². The number of carbonyl (C=O) groups is 1. The molecular weight excluding hydrogens is 296 g/mol. The van der Waals surface area contributed by atoms with E-state index in [1.807, 2.05) is 42.3 Å². The number of hydrogen-bond donors (Lipinski definition) is 1. The molecule has 0 unspecified atom stereocenters. The van der Waals surface area contributed by atoms with Gasteiger partial charge in [-0.05, 0) is 63.4 Å². The molecule has 0 aromatic heterocycles. The Morgan fingerprint density at radius 1 is 1.08 bits per heavy atom. The monoisotopic (exact) mass is 324 g/mol. The maximum Gasteiger partial charge on any atom is 0.253 e. The van der Waals surface area contributed by atoms with Crippen LogP contribution in [0.5, 0.6) is 0 Å². The molecule has 0 heterocycles. The molecule has 1 amide bonds. The van der Waals surface area contributed by atoms with E-state index in [-0.39, 0.29) is 11.9 Å². The number of anilines is 1. The van der Waals surface area contributed by atoms with Gasteiger partial charge in [0.1, 0.15) is 0 Å². The number of amides is 1. The molecule has 0 spiro atoms. The molecule has 128 valence electrons. The molecule has 24 heavy (non-hydrogen) atoms. The topological polar surface area (TPSA) is 32.3 Å². The Morgan fingerprint density at radius 2 is 1.79 bits per heavy atom. The molecule has 0 saturated heterocycles. The van der Waals surface area contributed by atoms with E-state index in [2.05, 4.69) is 51.2 Å². The quantitative estimate of drug-likeness (QED) is 0.847. The third-order valence-electron chi connectivity index (χ3n) is 4.32. The minimum Gasteiger partial charge on any atom is -0.383 e. The molecule has 0 aliphatic carbocycles. The molecule has 0 aliphatic heterocycles. The lowest BCUT2D eigenvalue weighted by Crippen LogP contribution is -2.36. The van der Waals surface area contributed by atoms with Crippen molar-refractivity contribution in [3.05, 3.63) is 65.2 Å². The van der Waals surface area contributed by atoms with Crippen LogP contribution in [0.25, 0.3) is 0 Å². The number of nitrogens with one attached hydrogen (secondary N) is 1. The minimum atomic E-state index is 0.0588. The summed E-state index contributed by atoms with van der Waals surface area (Å²) in [4.78, 5) is 14.6. The average molecular weight is 324 g/mol. The van der Waals surface area contributed by atoms with Crippen LogP contribution in [0.15, 0.2) is 48.5 Å². The van der Waals surface area contributed by atoms with Crippen LogP contribution in [0, 0.1) is 6.92 Å². The molecule has 0 radical (unpaired) electrons. The Bertz CT molecular complexity index is 694. The van der Waals surface area contributed by atoms with Gasteiger partial charge in [-0.25, -0.2) is 0 Å². The highest BCUT2D eigenvalue weighted by Crippen LogP contribution is 2.17. The SMILES string of the molecule is Cc1ccccc1C[C@@H](C)N(C)C(=O)c1cccc(NC(C)C)c1. The number of benzene rings is 2. The largest absolute Gasteiger partial charge is 0.383 e. The summed E-state index contributed by atoms with van der Waals surface area (Å²) >= 11 is 0. The molecule has 3 nitrogen and oxygen atoms in total. The molecule has 2 aromatic carbocycles. The number of aryl methyl sites for hydroxylation is 1. The summed E-state index contributed by atoms with van der Waals surface area (Å²) in [6.45, 7) is 8.39. The van der Waals surface area contributed by atoms with E-state index in [4.69, 9.17) is 0 Å². The summed E-state index contributed by atoms with van der Waals surface area (Å²) < 4.78 is 0. The number of nitrogens with zero attached hydrogens (tertiary/aromatic N) is 1. The predicted octanol–water partition coefficient (Wildman–Crippen LogP) is 4.52. The van der Waals surface area contributed by atoms with Crippen molar-refractivity contribution in [3.63, 3.8) is 0 Å². The second-order valence-corrected chi connectivity index (χ2v) is 6.78. The van der Waals surface area contributed by atoms with Gasteiger partial charge in [-0.15, -0.1) is 0 Å². The normalized spacial score (nSPS) is 12.1. The van der Waals surface area contributed by atoms with E-state index >= 15 is 0 Å². The first-order chi connectivity index (χ1) is 11.4. The van der Waals surface area contributed by atoms with E-state index < -0.39 is 0 Å². The number of carbonyl (C=O) groups excluding carboxylic acids is 1. The Balaban J connectivity index is 2.09. The average Bonchev–Trinajstić information content (AvgIpc) is 2.55. The van der Waals surface area contributed by atoms with Gasteiger partial charge in [0.25, 0.3) is 5.91 Å². The van der Waals surface area contributed by atoms with Crippen LogP contribution in [-0.2, 0) is 6.42 Å². The zero-order valence-corrected chi connectivity index (χ0v) is 15.3. The van der Waals surface area contributed by atoms with E-state index in [1.165, 1.54) is 11.1 Å². The smallest absolute Gasteiger partial charge is 0.253 e. The van der Waals surface area contributed by atoms with Crippen LogP contribution in [0.4, 0.5) is 5.69 Å². The maximum atomic E-state index is 12.8. The zero-order valence-electron chi connectivity index (χ0n) is 15.3. The molecular formula is C21H28N2O. The lowest BCUT2D eigenvalue weighted by molar-refractivity contribution is 0.0743. The summed E-state index contributed by atoms with van der Waals surface area (Å²) in [5.41, 5.74) is 4.27. The summed E-state index contributed by atoms with van der Waals surface area (Å²) in [7, 11) is 1.88. The Morgan fingerprint density at radius 3 is 2.46 bits per heavy atom. The van der Waals surface area contributed by atoms with Crippen LogP contribution >= 0.6 is 0 Å². The second kappa shape index (κ2) is 8.00. The van der Waals surface area contributed by atoms with E-state index in [0.717, 1.165) is 17.7 Å². The maximum absolute atomic E-state index is 12.8. The lowest BCUT2D eigenvalue weighted by Gasteiger charge is -2.26. The molecule has 0 bridgehead atoms. The molecule has 0 fully saturated rings. The fourth-order valence-electron chi connectivity index (χ4n) is 2.77. The van der Waals surface area contributed by atoms with Gasteiger partial charge in [0.2, 0.25) is 0 Å². The molecule has 1 N–H and O–H groups in total. The van der Waals surface area contributed by atoms with Crippen LogP contribution in [-0.4, -0.2) is 29.9 Å². The van der Waals surface area contributed by atoms with Gasteiger partial charge >= 0.3 is 0 Å². The third-order valence-corrected chi connectivity index (χ3v) is 4.32. The summed E-state index contributed by atoms with van der Waals surface area (Å²) in [5, 5.41) is 3.34. The van der Waals surface area contributed by atoms with Gasteiger partial charge in [0, 0.05) is 30.4 Å². The number of likely N-dealkylation sites (N-methyl/N-ethyl adjacent to an activating group) is 1. The highest BCUT2D eigenvalue weighted by atomic mass is 16.2. The van der Waals surface area contributed by atoms with Crippen molar-refractivity contribution in [2.45, 2.75) is 46.2 Å². The molecule has 2 rings (SSSR count). The van der Waals surface area contributed by atoms with Gasteiger partial charge in [-0.2, -0.15) is 0 Å². The van der Waals surface area contributed by atoms with E-state index in [9.17, 15) is 4.79 Å². The van der Waals surface area contributed by atoms with Crippen LogP contribution < -0.4 is 5.32 Å². The minimum absolute atomic E-state index is 0.0588. The Kier molecular flexibility index (Phi) is 6.02. The molecule has 0 aliphatic rings. The van der Waals surface area contributed by atoms with Gasteiger partial charge in [0.15, 0.2) is 0 Å². The van der Waals surface area contributed by atoms with Crippen molar-refractivity contribution in [2.24, 2.45) is 0 Å². The molecule has 0 saturated carbocycles. The first-order valence-electron chi connectivity index (χ1n) is 8.56. The standard InChI is InChI=1S/C21H28N2O/c1-15(2)22-20-12-8-11-19(14-20)21(24)23(5)17(4)13-18-10-7-6-9-16(18)3/h6-12,14-15,17,22H,13H2,1-5H3/t17-/m1/s1.